The summed E-state index contributed by atoms with van der Waals surface area (Å²) in [7, 11) is 3.00. The number of rotatable bonds is 5. The van der Waals surface area contributed by atoms with Gasteiger partial charge in [0.1, 0.15) is 16.6 Å². The first-order valence-corrected chi connectivity index (χ1v) is 6.46. The van der Waals surface area contributed by atoms with Crippen LogP contribution in [-0.4, -0.2) is 19.2 Å². The van der Waals surface area contributed by atoms with Crippen molar-refractivity contribution >= 4 is 17.2 Å². The van der Waals surface area contributed by atoms with Crippen molar-refractivity contribution in [2.24, 2.45) is 5.73 Å². The van der Waals surface area contributed by atoms with E-state index in [0.717, 1.165) is 0 Å². The van der Waals surface area contributed by atoms with Crippen LogP contribution < -0.4 is 19.9 Å². The minimum Gasteiger partial charge on any atom is -0.493 e. The fourth-order valence-electron chi connectivity index (χ4n) is 1.86. The summed E-state index contributed by atoms with van der Waals surface area (Å²) in [4.78, 5) is -0.0861. The molecule has 110 valence electrons. The Kier molecular flexibility index (Phi) is 4.59. The largest absolute Gasteiger partial charge is 0.493 e. The number of halogens is 1. The minimum atomic E-state index is -0.547. The van der Waals surface area contributed by atoms with Crippen molar-refractivity contribution in [2.45, 2.75) is 0 Å². The van der Waals surface area contributed by atoms with Gasteiger partial charge >= 0.3 is 0 Å². The van der Waals surface area contributed by atoms with Gasteiger partial charge in [0.05, 0.1) is 19.8 Å². The van der Waals surface area contributed by atoms with Crippen LogP contribution in [0, 0.1) is 5.82 Å². The Morgan fingerprint density at radius 1 is 1.00 bits per heavy atom. The summed E-state index contributed by atoms with van der Waals surface area (Å²) >= 11 is 4.87. The zero-order valence-corrected chi connectivity index (χ0v) is 12.4. The molecule has 0 aliphatic carbocycles. The third-order valence-corrected chi connectivity index (χ3v) is 3.02. The van der Waals surface area contributed by atoms with Gasteiger partial charge in [-0.2, -0.15) is 0 Å². The van der Waals surface area contributed by atoms with E-state index in [1.807, 2.05) is 0 Å². The maximum Gasteiger partial charge on any atom is 0.211 e. The zero-order valence-electron chi connectivity index (χ0n) is 11.6. The van der Waals surface area contributed by atoms with Gasteiger partial charge in [-0.25, -0.2) is 4.39 Å². The molecular formula is C15H14FNO3S. The van der Waals surface area contributed by atoms with Gasteiger partial charge in [0.2, 0.25) is 5.75 Å². The molecule has 2 aromatic rings. The Morgan fingerprint density at radius 3 is 2.05 bits per heavy atom. The van der Waals surface area contributed by atoms with E-state index in [-0.39, 0.29) is 16.3 Å². The van der Waals surface area contributed by atoms with Gasteiger partial charge in [0, 0.05) is 0 Å². The van der Waals surface area contributed by atoms with Crippen molar-refractivity contribution < 1.29 is 18.6 Å². The third-order valence-electron chi connectivity index (χ3n) is 2.82. The second-order valence-corrected chi connectivity index (χ2v) is 4.51. The summed E-state index contributed by atoms with van der Waals surface area (Å²) in [6, 6.07) is 9.51. The molecule has 0 fully saturated rings. The molecule has 0 aliphatic heterocycles. The highest BCUT2D eigenvalue weighted by atomic mass is 32.1. The monoisotopic (exact) mass is 307 g/mol. The van der Waals surface area contributed by atoms with E-state index < -0.39 is 5.82 Å². The molecule has 2 rings (SSSR count). The first-order valence-electron chi connectivity index (χ1n) is 6.05. The van der Waals surface area contributed by atoms with E-state index in [4.69, 9.17) is 32.2 Å². The minimum absolute atomic E-state index is 0.0421. The molecule has 0 saturated carbocycles. The number of ether oxygens (including phenoxy) is 3. The zero-order chi connectivity index (χ0) is 15.4. The molecule has 6 heteroatoms. The van der Waals surface area contributed by atoms with Crippen LogP contribution in [0.25, 0.3) is 0 Å². The molecule has 0 unspecified atom stereocenters. The summed E-state index contributed by atoms with van der Waals surface area (Å²) in [5.74, 6) is 0.879. The van der Waals surface area contributed by atoms with Crippen LogP contribution in [0.2, 0.25) is 0 Å². The molecule has 2 N–H and O–H groups in total. The number of nitrogens with two attached hydrogens (primary N) is 1. The van der Waals surface area contributed by atoms with E-state index in [1.54, 1.807) is 24.3 Å². The van der Waals surface area contributed by atoms with E-state index in [9.17, 15) is 4.39 Å². The number of methoxy groups -OCH3 is 2. The second-order valence-electron chi connectivity index (χ2n) is 4.07. The van der Waals surface area contributed by atoms with Gasteiger partial charge in [-0.05, 0) is 24.3 Å². The molecule has 0 atom stereocenters. The SMILES string of the molecule is COc1cccc(OC)c1Oc1cccc(F)c1C(N)=S. The van der Waals surface area contributed by atoms with Gasteiger partial charge in [0.15, 0.2) is 11.5 Å². The molecule has 0 aliphatic rings. The number of benzene rings is 2. The average Bonchev–Trinajstić information content (AvgIpc) is 2.47. The van der Waals surface area contributed by atoms with Crippen LogP contribution in [0.5, 0.6) is 23.0 Å². The molecule has 4 nitrogen and oxygen atoms in total. The quantitative estimate of drug-likeness (QED) is 0.859. The fraction of sp³-hybridized carbons (Fsp3) is 0.133. The summed E-state index contributed by atoms with van der Waals surface area (Å²) in [6.07, 6.45) is 0. The van der Waals surface area contributed by atoms with Crippen molar-refractivity contribution in [3.8, 4) is 23.0 Å². The maximum absolute atomic E-state index is 13.9. The standard InChI is InChI=1S/C15H14FNO3S/c1-18-11-7-4-8-12(19-2)14(11)20-10-6-3-5-9(16)13(10)15(17)21/h3-8H,1-2H3,(H2,17,21). The number of hydrogen-bond acceptors (Lipinski definition) is 4. The Morgan fingerprint density at radius 2 is 1.52 bits per heavy atom. The molecular weight excluding hydrogens is 293 g/mol. The Balaban J connectivity index is 2.53. The lowest BCUT2D eigenvalue weighted by Gasteiger charge is -2.16. The van der Waals surface area contributed by atoms with Gasteiger partial charge in [-0.3, -0.25) is 0 Å². The summed E-state index contributed by atoms with van der Waals surface area (Å²) in [6.45, 7) is 0. The van der Waals surface area contributed by atoms with Crippen molar-refractivity contribution in [1.29, 1.82) is 0 Å². The number of thiocarbonyl (C=S) groups is 1. The highest BCUT2D eigenvalue weighted by molar-refractivity contribution is 7.80. The molecule has 21 heavy (non-hydrogen) atoms. The van der Waals surface area contributed by atoms with Gasteiger partial charge in [-0.15, -0.1) is 0 Å². The van der Waals surface area contributed by atoms with E-state index in [0.29, 0.717) is 17.2 Å². The molecule has 0 aromatic heterocycles. The molecule has 0 saturated heterocycles. The molecule has 0 amide bonds. The first-order chi connectivity index (χ1) is 10.1. The summed E-state index contributed by atoms with van der Waals surface area (Å²) in [5, 5.41) is 0. The predicted molar refractivity (Wildman–Crippen MR) is 81.9 cm³/mol. The Labute approximate surface area is 127 Å². The topological polar surface area (TPSA) is 53.7 Å². The Bertz CT molecular complexity index is 654. The van der Waals surface area contributed by atoms with Crippen molar-refractivity contribution in [3.05, 3.63) is 47.8 Å². The smallest absolute Gasteiger partial charge is 0.211 e. The van der Waals surface area contributed by atoms with E-state index in [2.05, 4.69) is 0 Å². The lowest BCUT2D eigenvalue weighted by atomic mass is 10.2. The third kappa shape index (κ3) is 3.05. The predicted octanol–water partition coefficient (Wildman–Crippen LogP) is 3.27. The van der Waals surface area contributed by atoms with Crippen LogP contribution in [0.1, 0.15) is 5.56 Å². The number of hydrogen-bond donors (Lipinski definition) is 1. The molecule has 0 spiro atoms. The lowest BCUT2D eigenvalue weighted by molar-refractivity contribution is 0.345. The van der Waals surface area contributed by atoms with Crippen molar-refractivity contribution in [3.63, 3.8) is 0 Å². The lowest BCUT2D eigenvalue weighted by Crippen LogP contribution is -2.13. The average molecular weight is 307 g/mol. The first kappa shape index (κ1) is 15.1. The maximum atomic E-state index is 13.9. The van der Waals surface area contributed by atoms with E-state index >= 15 is 0 Å². The van der Waals surface area contributed by atoms with Gasteiger partial charge in [-0.1, -0.05) is 24.4 Å². The summed E-state index contributed by atoms with van der Waals surface area (Å²) < 4.78 is 30.1. The highest BCUT2D eigenvalue weighted by Crippen LogP contribution is 2.41. The van der Waals surface area contributed by atoms with Crippen molar-refractivity contribution in [1.82, 2.24) is 0 Å². The van der Waals surface area contributed by atoms with Gasteiger partial charge < -0.3 is 19.9 Å². The summed E-state index contributed by atoms with van der Waals surface area (Å²) in [5.41, 5.74) is 5.60. The molecule has 0 bridgehead atoms. The fourth-order valence-corrected chi connectivity index (χ4v) is 2.05. The molecule has 0 heterocycles. The normalized spacial score (nSPS) is 10.0. The van der Waals surface area contributed by atoms with Gasteiger partial charge in [0.25, 0.3) is 0 Å². The van der Waals surface area contributed by atoms with Crippen molar-refractivity contribution in [2.75, 3.05) is 14.2 Å². The highest BCUT2D eigenvalue weighted by Gasteiger charge is 2.17. The Hall–Kier alpha value is -2.34. The van der Waals surface area contributed by atoms with Crippen LogP contribution in [0.15, 0.2) is 36.4 Å². The van der Waals surface area contributed by atoms with Crippen LogP contribution in [-0.2, 0) is 0 Å². The van der Waals surface area contributed by atoms with Crippen LogP contribution >= 0.6 is 12.2 Å². The molecule has 2 aromatic carbocycles. The van der Waals surface area contributed by atoms with Crippen LogP contribution in [0.4, 0.5) is 4.39 Å². The van der Waals surface area contributed by atoms with Crippen LogP contribution in [0.3, 0.4) is 0 Å². The number of para-hydroxylation sites is 1. The van der Waals surface area contributed by atoms with E-state index in [1.165, 1.54) is 26.4 Å². The second kappa shape index (κ2) is 6.41. The molecule has 0 radical (unpaired) electrons.